The molecule has 0 radical (unpaired) electrons. The highest BCUT2D eigenvalue weighted by Crippen LogP contribution is 2.25. The number of aromatic nitrogens is 5. The summed E-state index contributed by atoms with van der Waals surface area (Å²) in [5.41, 5.74) is 3.32. The zero-order chi connectivity index (χ0) is 19.7. The van der Waals surface area contributed by atoms with Crippen LogP contribution in [-0.2, 0) is 6.54 Å². The molecule has 0 atom stereocenters. The average Bonchev–Trinajstić information content (AvgIpc) is 3.34. The molecule has 0 bridgehead atoms. The van der Waals surface area contributed by atoms with Gasteiger partial charge in [-0.05, 0) is 19.1 Å². The van der Waals surface area contributed by atoms with Gasteiger partial charge in [-0.25, -0.2) is 9.07 Å². The summed E-state index contributed by atoms with van der Waals surface area (Å²) in [4.78, 5) is 0. The predicted molar refractivity (Wildman–Crippen MR) is 93.9 cm³/mol. The summed E-state index contributed by atoms with van der Waals surface area (Å²) in [6.07, 6.45) is -1.15. The Hall–Kier alpha value is -3.49. The van der Waals surface area contributed by atoms with Crippen LogP contribution in [0.15, 0.2) is 53.1 Å². The third-order valence-electron chi connectivity index (χ3n) is 4.15. The number of hydrogen-bond donors (Lipinski definition) is 0. The lowest BCUT2D eigenvalue weighted by molar-refractivity contribution is 0.116. The first-order chi connectivity index (χ1) is 13.5. The van der Waals surface area contributed by atoms with Gasteiger partial charge in [0.25, 0.3) is 5.89 Å². The van der Waals surface area contributed by atoms with Gasteiger partial charge in [-0.1, -0.05) is 41.1 Å². The monoisotopic (exact) mass is 385 g/mol. The van der Waals surface area contributed by atoms with E-state index in [-0.39, 0.29) is 18.0 Å². The Balaban J connectivity index is 1.53. The molecule has 2 aromatic carbocycles. The number of hydrogen-bond acceptors (Lipinski definition) is 5. The fourth-order valence-corrected chi connectivity index (χ4v) is 2.65. The van der Waals surface area contributed by atoms with E-state index in [0.29, 0.717) is 11.3 Å². The van der Waals surface area contributed by atoms with Crippen molar-refractivity contribution < 1.29 is 17.6 Å². The van der Waals surface area contributed by atoms with Crippen LogP contribution < -0.4 is 0 Å². The molecule has 0 N–H and O–H groups in total. The summed E-state index contributed by atoms with van der Waals surface area (Å²) in [5, 5.41) is 14.9. The topological polar surface area (TPSA) is 69.6 Å². The molecule has 4 aromatic rings. The Morgan fingerprint density at radius 3 is 2.43 bits per heavy atom. The predicted octanol–water partition coefficient (Wildman–Crippen LogP) is 4.43. The fourth-order valence-electron chi connectivity index (χ4n) is 2.65. The Kier molecular flexibility index (Phi) is 4.64. The highest BCUT2D eigenvalue weighted by atomic mass is 19.3. The van der Waals surface area contributed by atoms with E-state index in [2.05, 4.69) is 20.5 Å². The van der Waals surface area contributed by atoms with E-state index in [1.807, 2.05) is 31.2 Å². The molecule has 6 nitrogen and oxygen atoms in total. The molecule has 9 heteroatoms. The fraction of sp³-hybridized carbons (Fsp3) is 0.158. The van der Waals surface area contributed by atoms with Crippen molar-refractivity contribution in [2.24, 2.45) is 0 Å². The third kappa shape index (κ3) is 3.64. The van der Waals surface area contributed by atoms with Crippen molar-refractivity contribution in [3.63, 3.8) is 0 Å². The van der Waals surface area contributed by atoms with Crippen LogP contribution in [0.5, 0.6) is 0 Å². The van der Waals surface area contributed by atoms with Gasteiger partial charge < -0.3 is 4.42 Å². The minimum Gasteiger partial charge on any atom is -0.415 e. The van der Waals surface area contributed by atoms with Gasteiger partial charge in [0.15, 0.2) is 0 Å². The molecule has 4 rings (SSSR count). The quantitative estimate of drug-likeness (QED) is 0.508. The number of rotatable bonds is 5. The van der Waals surface area contributed by atoms with Crippen molar-refractivity contribution in [1.29, 1.82) is 0 Å². The van der Waals surface area contributed by atoms with E-state index in [4.69, 9.17) is 4.42 Å². The van der Waals surface area contributed by atoms with Gasteiger partial charge >= 0.3 is 6.43 Å². The lowest BCUT2D eigenvalue weighted by Gasteiger charge is -2.04. The van der Waals surface area contributed by atoms with Crippen LogP contribution in [0.3, 0.4) is 0 Å². The maximum atomic E-state index is 14.5. The van der Waals surface area contributed by atoms with Crippen LogP contribution in [0.25, 0.3) is 22.7 Å². The van der Waals surface area contributed by atoms with Gasteiger partial charge in [0.1, 0.15) is 11.5 Å². The largest absolute Gasteiger partial charge is 0.415 e. The molecule has 142 valence electrons. The number of nitrogens with zero attached hydrogens (tertiary/aromatic N) is 5. The van der Waals surface area contributed by atoms with Gasteiger partial charge in [-0.15, -0.1) is 15.3 Å². The van der Waals surface area contributed by atoms with E-state index < -0.39 is 18.1 Å². The van der Waals surface area contributed by atoms with Gasteiger partial charge in [-0.2, -0.15) is 8.78 Å². The Bertz CT molecular complexity index is 1100. The van der Waals surface area contributed by atoms with E-state index in [1.54, 1.807) is 6.20 Å². The second-order valence-corrected chi connectivity index (χ2v) is 6.22. The standard InChI is InChI=1S/C19H14F3N5O/c1-11-2-4-12(5-3-11)16-10-27(26-23-16)9-14-7-6-13(8-15(14)20)18-24-25-19(28-18)17(21)22/h2-8,10,17H,9H2,1H3. The van der Waals surface area contributed by atoms with Crippen molar-refractivity contribution in [3.05, 3.63) is 71.5 Å². The summed E-state index contributed by atoms with van der Waals surface area (Å²) in [7, 11) is 0. The van der Waals surface area contributed by atoms with Crippen molar-refractivity contribution in [2.45, 2.75) is 19.9 Å². The molecule has 0 aliphatic carbocycles. The first kappa shape index (κ1) is 17.9. The van der Waals surface area contributed by atoms with E-state index in [9.17, 15) is 13.2 Å². The number of benzene rings is 2. The van der Waals surface area contributed by atoms with Gasteiger partial charge in [0.2, 0.25) is 5.89 Å². The maximum Gasteiger partial charge on any atom is 0.314 e. The molecular formula is C19H14F3N5O. The Labute approximate surface area is 157 Å². The SMILES string of the molecule is Cc1ccc(-c2cn(Cc3ccc(-c4nnc(C(F)F)o4)cc3F)nn2)cc1. The first-order valence-electron chi connectivity index (χ1n) is 8.37. The summed E-state index contributed by atoms with van der Waals surface area (Å²) in [5.74, 6) is -1.50. The van der Waals surface area contributed by atoms with E-state index in [1.165, 1.54) is 16.8 Å². The minimum absolute atomic E-state index is 0.164. The normalized spacial score (nSPS) is 11.3. The summed E-state index contributed by atoms with van der Waals surface area (Å²) >= 11 is 0. The average molecular weight is 385 g/mol. The summed E-state index contributed by atoms with van der Waals surface area (Å²) in [6, 6.07) is 12.0. The number of aryl methyl sites for hydroxylation is 1. The molecular weight excluding hydrogens is 371 g/mol. The van der Waals surface area contributed by atoms with E-state index >= 15 is 0 Å². The zero-order valence-electron chi connectivity index (χ0n) is 14.7. The van der Waals surface area contributed by atoms with Crippen molar-refractivity contribution in [2.75, 3.05) is 0 Å². The molecule has 0 fully saturated rings. The Morgan fingerprint density at radius 1 is 1.00 bits per heavy atom. The molecule has 0 aliphatic heterocycles. The number of halogens is 3. The molecule has 2 heterocycles. The zero-order valence-corrected chi connectivity index (χ0v) is 14.7. The van der Waals surface area contributed by atoms with Crippen molar-refractivity contribution >= 4 is 0 Å². The molecule has 0 amide bonds. The van der Waals surface area contributed by atoms with Crippen LogP contribution in [0, 0.1) is 12.7 Å². The smallest absolute Gasteiger partial charge is 0.314 e. The first-order valence-corrected chi connectivity index (χ1v) is 8.37. The molecule has 0 saturated heterocycles. The van der Waals surface area contributed by atoms with Crippen molar-refractivity contribution in [3.8, 4) is 22.7 Å². The second kappa shape index (κ2) is 7.26. The lowest BCUT2D eigenvalue weighted by Crippen LogP contribution is -2.03. The molecule has 0 unspecified atom stereocenters. The number of alkyl halides is 2. The van der Waals surface area contributed by atoms with Gasteiger partial charge in [0.05, 0.1) is 12.7 Å². The highest BCUT2D eigenvalue weighted by Gasteiger charge is 2.18. The molecule has 28 heavy (non-hydrogen) atoms. The molecule has 0 spiro atoms. The Morgan fingerprint density at radius 2 is 1.75 bits per heavy atom. The molecule has 2 aromatic heterocycles. The van der Waals surface area contributed by atoms with Gasteiger partial charge in [0, 0.05) is 16.7 Å². The molecule has 0 aliphatic rings. The third-order valence-corrected chi connectivity index (χ3v) is 4.15. The van der Waals surface area contributed by atoms with Crippen LogP contribution in [0.2, 0.25) is 0 Å². The highest BCUT2D eigenvalue weighted by molar-refractivity contribution is 5.58. The van der Waals surface area contributed by atoms with Crippen LogP contribution in [0.4, 0.5) is 13.2 Å². The summed E-state index contributed by atoms with van der Waals surface area (Å²) < 4.78 is 45.9. The summed E-state index contributed by atoms with van der Waals surface area (Å²) in [6.45, 7) is 2.16. The lowest BCUT2D eigenvalue weighted by atomic mass is 10.1. The van der Waals surface area contributed by atoms with E-state index in [0.717, 1.165) is 17.2 Å². The second-order valence-electron chi connectivity index (χ2n) is 6.22. The minimum atomic E-state index is -2.87. The van der Waals surface area contributed by atoms with Crippen LogP contribution in [0.1, 0.15) is 23.4 Å². The maximum absolute atomic E-state index is 14.5. The molecule has 0 saturated carbocycles. The van der Waals surface area contributed by atoms with Crippen LogP contribution >= 0.6 is 0 Å². The van der Waals surface area contributed by atoms with Gasteiger partial charge in [-0.3, -0.25) is 0 Å². The van der Waals surface area contributed by atoms with Crippen LogP contribution in [-0.4, -0.2) is 25.2 Å². The van der Waals surface area contributed by atoms with Crippen molar-refractivity contribution in [1.82, 2.24) is 25.2 Å².